The zero-order chi connectivity index (χ0) is 28.9. The molecule has 0 spiro atoms. The molecule has 1 aliphatic rings. The Hall–Kier alpha value is -4.41. The van der Waals surface area contributed by atoms with E-state index in [1.54, 1.807) is 13.3 Å². The van der Waals surface area contributed by atoms with Crippen molar-refractivity contribution in [1.82, 2.24) is 19.4 Å². The fourth-order valence-electron chi connectivity index (χ4n) is 5.20. The van der Waals surface area contributed by atoms with E-state index in [9.17, 15) is 4.79 Å². The fourth-order valence-corrected chi connectivity index (χ4v) is 5.20. The number of fused-ring (bicyclic) bond motifs is 3. The maximum absolute atomic E-state index is 12.4. The molecule has 1 aliphatic heterocycles. The smallest absolute Gasteiger partial charge is 0.247 e. The third-order valence-corrected chi connectivity index (χ3v) is 7.24. The van der Waals surface area contributed by atoms with Crippen LogP contribution in [0.25, 0.3) is 22.2 Å². The second kappa shape index (κ2) is 12.4. The van der Waals surface area contributed by atoms with Crippen LogP contribution in [-0.4, -0.2) is 72.8 Å². The summed E-state index contributed by atoms with van der Waals surface area (Å²) < 4.78 is 13.9. The van der Waals surface area contributed by atoms with E-state index in [2.05, 4.69) is 61.7 Å². The number of ether oxygens (including phenoxy) is 2. The van der Waals surface area contributed by atoms with Gasteiger partial charge in [0.2, 0.25) is 11.9 Å². The number of carbonyl (C=O) groups excluding carboxylic acids is 1. The average molecular weight is 556 g/mol. The number of carbonyl (C=O) groups is 1. The van der Waals surface area contributed by atoms with E-state index in [4.69, 9.17) is 14.5 Å². The van der Waals surface area contributed by atoms with Crippen LogP contribution >= 0.6 is 0 Å². The van der Waals surface area contributed by atoms with Crippen molar-refractivity contribution in [3.05, 3.63) is 67.0 Å². The number of rotatable bonds is 11. The van der Waals surface area contributed by atoms with Crippen LogP contribution in [0.3, 0.4) is 0 Å². The molecule has 0 unspecified atom stereocenters. The predicted octanol–water partition coefficient (Wildman–Crippen LogP) is 4.89. The minimum atomic E-state index is -0.295. The quantitative estimate of drug-likeness (QED) is 0.253. The monoisotopic (exact) mass is 555 g/mol. The second-order valence-corrected chi connectivity index (χ2v) is 10.1. The summed E-state index contributed by atoms with van der Waals surface area (Å²) in [5.41, 5.74) is 6.25. The third-order valence-electron chi connectivity index (χ3n) is 7.24. The number of benzene rings is 2. The molecule has 10 nitrogen and oxygen atoms in total. The molecule has 1 amide bonds. The number of hydrogen-bond acceptors (Lipinski definition) is 8. The molecule has 0 atom stereocenters. The largest absolute Gasteiger partial charge is 0.494 e. The molecule has 2 aromatic heterocycles. The molecule has 0 radical (unpaired) electrons. The van der Waals surface area contributed by atoms with Gasteiger partial charge in [-0.15, -0.1) is 0 Å². The lowest BCUT2D eigenvalue weighted by Crippen LogP contribution is -2.32. The van der Waals surface area contributed by atoms with Crippen molar-refractivity contribution in [2.24, 2.45) is 0 Å². The number of likely N-dealkylation sites (N-methyl/N-ethyl adjacent to an activating group) is 2. The van der Waals surface area contributed by atoms with Gasteiger partial charge < -0.3 is 34.5 Å². The Kier molecular flexibility index (Phi) is 8.51. The molecule has 10 heteroatoms. The highest BCUT2D eigenvalue weighted by atomic mass is 16.5. The lowest BCUT2D eigenvalue weighted by molar-refractivity contribution is -0.111. The van der Waals surface area contributed by atoms with Crippen molar-refractivity contribution in [3.63, 3.8) is 0 Å². The Morgan fingerprint density at radius 2 is 2.02 bits per heavy atom. The van der Waals surface area contributed by atoms with E-state index in [0.717, 1.165) is 54.2 Å². The molecule has 214 valence electrons. The number of anilines is 4. The number of nitrogens with one attached hydrogen (secondary N) is 2. The van der Waals surface area contributed by atoms with Crippen LogP contribution in [-0.2, 0) is 22.7 Å². The van der Waals surface area contributed by atoms with E-state index >= 15 is 0 Å². The summed E-state index contributed by atoms with van der Waals surface area (Å²) in [7, 11) is 5.70. The molecule has 0 bridgehead atoms. The first-order valence-electron chi connectivity index (χ1n) is 13.8. The number of nitrogens with zero attached hydrogens (tertiary/aromatic N) is 5. The summed E-state index contributed by atoms with van der Waals surface area (Å²) in [4.78, 5) is 26.1. The van der Waals surface area contributed by atoms with E-state index in [-0.39, 0.29) is 5.91 Å². The Morgan fingerprint density at radius 3 is 2.78 bits per heavy atom. The molecule has 0 aliphatic carbocycles. The highest BCUT2D eigenvalue weighted by Gasteiger charge is 2.23. The van der Waals surface area contributed by atoms with Gasteiger partial charge in [0, 0.05) is 54.9 Å². The van der Waals surface area contributed by atoms with Crippen LogP contribution in [0.15, 0.2) is 61.3 Å². The van der Waals surface area contributed by atoms with Crippen molar-refractivity contribution < 1.29 is 14.3 Å². The summed E-state index contributed by atoms with van der Waals surface area (Å²) in [6, 6.07) is 14.1. The van der Waals surface area contributed by atoms with E-state index in [0.29, 0.717) is 36.3 Å². The minimum Gasteiger partial charge on any atom is -0.494 e. The number of methoxy groups -OCH3 is 1. The molecule has 5 rings (SSSR count). The minimum absolute atomic E-state index is 0.295. The molecular weight excluding hydrogens is 518 g/mol. The van der Waals surface area contributed by atoms with Gasteiger partial charge in [0.15, 0.2) is 0 Å². The van der Waals surface area contributed by atoms with Gasteiger partial charge in [0.1, 0.15) is 5.75 Å². The van der Waals surface area contributed by atoms with Gasteiger partial charge in [0.05, 0.1) is 48.8 Å². The highest BCUT2D eigenvalue weighted by Crippen LogP contribution is 2.39. The SMILES string of the molecule is C=CC(=O)Nc1cc(Nc2nccc(-c3c4n(c5ccccc35)CCOC4)n2)c(OC)cc1N(CC)CCN(C)C. The van der Waals surface area contributed by atoms with E-state index < -0.39 is 0 Å². The van der Waals surface area contributed by atoms with Crippen molar-refractivity contribution in [1.29, 1.82) is 0 Å². The van der Waals surface area contributed by atoms with Gasteiger partial charge in [0.25, 0.3) is 0 Å². The number of aromatic nitrogens is 3. The standard InChI is InChI=1S/C31H37N7O3/c1-6-29(39)33-23-18-24(28(40-5)19-26(23)37(7-2)15-14-36(3)4)35-31-32-13-12-22(34-31)30-21-10-8-9-11-25(21)38-16-17-41-20-27(30)38/h6,8-13,18-19H,1,7,14-17,20H2,2-5H3,(H,33,39)(H,32,34,35). The summed E-state index contributed by atoms with van der Waals surface area (Å²) in [5, 5.41) is 7.42. The lowest BCUT2D eigenvalue weighted by atomic mass is 10.1. The summed E-state index contributed by atoms with van der Waals surface area (Å²) in [6.07, 6.45) is 3.00. The van der Waals surface area contributed by atoms with Crippen LogP contribution in [0, 0.1) is 0 Å². The summed E-state index contributed by atoms with van der Waals surface area (Å²) in [6.45, 7) is 10.1. The molecule has 0 saturated carbocycles. The van der Waals surface area contributed by atoms with Crippen LogP contribution in [0.4, 0.5) is 23.0 Å². The Morgan fingerprint density at radius 1 is 1.20 bits per heavy atom. The fraction of sp³-hybridized carbons (Fsp3) is 0.323. The van der Waals surface area contributed by atoms with Gasteiger partial charge >= 0.3 is 0 Å². The molecule has 2 aromatic carbocycles. The van der Waals surface area contributed by atoms with Crippen LogP contribution in [0.2, 0.25) is 0 Å². The van der Waals surface area contributed by atoms with Gasteiger partial charge in [-0.3, -0.25) is 4.79 Å². The molecule has 41 heavy (non-hydrogen) atoms. The highest BCUT2D eigenvalue weighted by molar-refractivity contribution is 6.02. The molecule has 4 aromatic rings. The van der Waals surface area contributed by atoms with Gasteiger partial charge in [-0.25, -0.2) is 9.97 Å². The topological polar surface area (TPSA) is 96.8 Å². The Balaban J connectivity index is 1.54. The van der Waals surface area contributed by atoms with Crippen molar-refractivity contribution in [2.45, 2.75) is 20.1 Å². The molecule has 3 heterocycles. The summed E-state index contributed by atoms with van der Waals surface area (Å²) in [5.74, 6) is 0.723. The Bertz CT molecular complexity index is 1560. The lowest BCUT2D eigenvalue weighted by Gasteiger charge is -2.28. The average Bonchev–Trinajstić information content (AvgIpc) is 3.32. The van der Waals surface area contributed by atoms with Crippen LogP contribution in [0.5, 0.6) is 5.75 Å². The molecule has 0 fully saturated rings. The summed E-state index contributed by atoms with van der Waals surface area (Å²) >= 11 is 0. The van der Waals surface area contributed by atoms with Crippen molar-refractivity contribution >= 4 is 39.8 Å². The normalized spacial score (nSPS) is 12.7. The zero-order valence-electron chi connectivity index (χ0n) is 24.1. The van der Waals surface area contributed by atoms with E-state index in [1.807, 2.05) is 38.4 Å². The number of para-hydroxylation sites is 1. The third kappa shape index (κ3) is 5.89. The maximum atomic E-state index is 12.4. The molecule has 0 saturated heterocycles. The number of amides is 1. The number of hydrogen-bond donors (Lipinski definition) is 2. The zero-order valence-corrected chi connectivity index (χ0v) is 24.1. The maximum Gasteiger partial charge on any atom is 0.247 e. The van der Waals surface area contributed by atoms with Crippen molar-refractivity contribution in [3.8, 4) is 17.0 Å². The molecular formula is C31H37N7O3. The second-order valence-electron chi connectivity index (χ2n) is 10.1. The first-order chi connectivity index (χ1) is 19.9. The van der Waals surface area contributed by atoms with Crippen LogP contribution < -0.4 is 20.3 Å². The molecule has 2 N–H and O–H groups in total. The first kappa shape index (κ1) is 28.1. The van der Waals surface area contributed by atoms with Gasteiger partial charge in [-0.2, -0.15) is 0 Å². The van der Waals surface area contributed by atoms with Crippen molar-refractivity contribution in [2.75, 3.05) is 63.0 Å². The predicted molar refractivity (Wildman–Crippen MR) is 164 cm³/mol. The Labute approximate surface area is 240 Å². The van der Waals surface area contributed by atoms with E-state index in [1.165, 1.54) is 11.6 Å². The van der Waals surface area contributed by atoms with Gasteiger partial charge in [-0.05, 0) is 45.3 Å². The van der Waals surface area contributed by atoms with Crippen LogP contribution in [0.1, 0.15) is 12.6 Å². The van der Waals surface area contributed by atoms with Gasteiger partial charge in [-0.1, -0.05) is 24.8 Å². The first-order valence-corrected chi connectivity index (χ1v) is 13.8.